The van der Waals surface area contributed by atoms with Crippen LogP contribution in [0.3, 0.4) is 0 Å². The molecule has 0 aliphatic carbocycles. The molecule has 8 heteroatoms. The molecule has 2 unspecified atom stereocenters. The Hall–Kier alpha value is -2.67. The zero-order valence-corrected chi connectivity index (χ0v) is 20.2. The summed E-state index contributed by atoms with van der Waals surface area (Å²) < 4.78 is 16.1. The topological polar surface area (TPSA) is 72.2 Å². The number of hydrogen-bond acceptors (Lipinski definition) is 5. The summed E-state index contributed by atoms with van der Waals surface area (Å²) in [5.41, 5.74) is 1.00. The predicted molar refractivity (Wildman–Crippen MR) is 124 cm³/mol. The largest absolute Gasteiger partial charge is 0.493 e. The Kier molecular flexibility index (Phi) is 9.91. The van der Waals surface area contributed by atoms with Crippen LogP contribution < -0.4 is 9.47 Å². The van der Waals surface area contributed by atoms with E-state index in [1.807, 2.05) is 38.1 Å². The molecule has 0 bridgehead atoms. The van der Waals surface area contributed by atoms with Crippen LogP contribution in [0.2, 0.25) is 0 Å². The lowest BCUT2D eigenvalue weighted by Gasteiger charge is -2.31. The molecule has 2 rings (SSSR count). The van der Waals surface area contributed by atoms with Crippen LogP contribution in [-0.2, 0) is 22.6 Å². The number of hydrogen-bond donors (Lipinski definition) is 0. The normalized spacial score (nSPS) is 12.7. The van der Waals surface area contributed by atoms with Crippen LogP contribution in [0.25, 0.3) is 0 Å². The lowest BCUT2D eigenvalue weighted by atomic mass is 10.1. The van der Waals surface area contributed by atoms with Crippen molar-refractivity contribution in [3.05, 3.63) is 47.9 Å². The fraction of sp³-hybridized carbons (Fsp3) is 0.500. The Balaban J connectivity index is 2.18. The molecule has 0 fully saturated rings. The number of carbonyl (C=O) groups excluding carboxylic acids is 2. The van der Waals surface area contributed by atoms with E-state index in [9.17, 15) is 9.59 Å². The number of halogens is 1. The van der Waals surface area contributed by atoms with Gasteiger partial charge in [0.15, 0.2) is 11.5 Å². The molecular formula is C24H33ClN2O5. The number of alkyl halides is 1. The maximum atomic E-state index is 13.3. The summed E-state index contributed by atoms with van der Waals surface area (Å²) in [6.07, 6.45) is 2.92. The van der Waals surface area contributed by atoms with Crippen molar-refractivity contribution >= 4 is 23.4 Å². The van der Waals surface area contributed by atoms with E-state index in [2.05, 4.69) is 0 Å². The molecule has 2 atom stereocenters. The monoisotopic (exact) mass is 464 g/mol. The van der Waals surface area contributed by atoms with E-state index < -0.39 is 5.38 Å². The van der Waals surface area contributed by atoms with Crippen LogP contribution in [0, 0.1) is 0 Å². The molecule has 0 N–H and O–H groups in total. The number of benzene rings is 1. The van der Waals surface area contributed by atoms with Crippen LogP contribution in [0.1, 0.15) is 38.5 Å². The molecule has 32 heavy (non-hydrogen) atoms. The number of rotatable bonds is 12. The minimum atomic E-state index is -0.693. The summed E-state index contributed by atoms with van der Waals surface area (Å²) >= 11 is 6.04. The van der Waals surface area contributed by atoms with Crippen LogP contribution in [0.5, 0.6) is 11.5 Å². The summed E-state index contributed by atoms with van der Waals surface area (Å²) in [6.45, 7) is 6.27. The van der Waals surface area contributed by atoms with Crippen molar-refractivity contribution in [3.63, 3.8) is 0 Å². The molecule has 1 heterocycles. The van der Waals surface area contributed by atoms with E-state index in [0.717, 1.165) is 12.0 Å². The summed E-state index contributed by atoms with van der Waals surface area (Å²) in [4.78, 5) is 29.1. The van der Waals surface area contributed by atoms with Gasteiger partial charge in [0, 0.05) is 12.6 Å². The molecule has 0 radical (unpaired) electrons. The standard InChI is InChI=1S/C24H33ClN2O5/c1-6-17(2)27(24(29)18(3)25)16-23(28)26(15-20-8-7-13-32-20)12-11-19-9-10-21(30-4)22(14-19)31-5/h7-10,13-14,17-18H,6,11-12,15-16H2,1-5H3. The highest BCUT2D eigenvalue weighted by Gasteiger charge is 2.27. The average molecular weight is 465 g/mol. The molecule has 0 aliphatic rings. The smallest absolute Gasteiger partial charge is 0.242 e. The molecule has 2 aromatic rings. The molecule has 0 saturated heterocycles. The number of nitrogens with zero attached hydrogens (tertiary/aromatic N) is 2. The lowest BCUT2D eigenvalue weighted by molar-refractivity contribution is -0.142. The summed E-state index contributed by atoms with van der Waals surface area (Å²) in [6, 6.07) is 9.22. The summed E-state index contributed by atoms with van der Waals surface area (Å²) in [5, 5.41) is -0.693. The highest BCUT2D eigenvalue weighted by Crippen LogP contribution is 2.27. The van der Waals surface area contributed by atoms with Gasteiger partial charge in [-0.25, -0.2) is 0 Å². The average Bonchev–Trinajstić information content (AvgIpc) is 3.31. The Morgan fingerprint density at radius 3 is 2.41 bits per heavy atom. The first-order chi connectivity index (χ1) is 15.3. The molecule has 0 aliphatic heterocycles. The first kappa shape index (κ1) is 25.6. The van der Waals surface area contributed by atoms with Gasteiger partial charge in [-0.05, 0) is 56.5 Å². The van der Waals surface area contributed by atoms with Crippen molar-refractivity contribution in [2.75, 3.05) is 27.3 Å². The molecule has 7 nitrogen and oxygen atoms in total. The number of ether oxygens (including phenoxy) is 2. The second-order valence-electron chi connectivity index (χ2n) is 7.67. The quantitative estimate of drug-likeness (QED) is 0.442. The van der Waals surface area contributed by atoms with Crippen molar-refractivity contribution in [1.82, 2.24) is 9.80 Å². The molecule has 0 spiro atoms. The van der Waals surface area contributed by atoms with Gasteiger partial charge in [-0.15, -0.1) is 11.6 Å². The second kappa shape index (κ2) is 12.4. The van der Waals surface area contributed by atoms with Crippen LogP contribution in [0.15, 0.2) is 41.0 Å². The van der Waals surface area contributed by atoms with Crippen LogP contribution >= 0.6 is 11.6 Å². The van der Waals surface area contributed by atoms with Gasteiger partial charge < -0.3 is 23.7 Å². The fourth-order valence-corrected chi connectivity index (χ4v) is 3.45. The maximum Gasteiger partial charge on any atom is 0.242 e. The van der Waals surface area contributed by atoms with E-state index in [4.69, 9.17) is 25.5 Å². The van der Waals surface area contributed by atoms with Crippen molar-refractivity contribution < 1.29 is 23.5 Å². The minimum absolute atomic E-state index is 0.0302. The number of methoxy groups -OCH3 is 2. The number of carbonyl (C=O) groups is 2. The predicted octanol–water partition coefficient (Wildman–Crippen LogP) is 4.12. The van der Waals surface area contributed by atoms with Crippen LogP contribution in [0.4, 0.5) is 0 Å². The second-order valence-corrected chi connectivity index (χ2v) is 8.33. The summed E-state index contributed by atoms with van der Waals surface area (Å²) in [7, 11) is 3.18. The number of amides is 2. The Morgan fingerprint density at radius 1 is 1.12 bits per heavy atom. The van der Waals surface area contributed by atoms with E-state index in [1.165, 1.54) is 0 Å². The van der Waals surface area contributed by atoms with Gasteiger partial charge in [-0.3, -0.25) is 9.59 Å². The third kappa shape index (κ3) is 6.92. The Morgan fingerprint density at radius 2 is 1.84 bits per heavy atom. The van der Waals surface area contributed by atoms with Gasteiger partial charge in [-0.2, -0.15) is 0 Å². The fourth-order valence-electron chi connectivity index (χ4n) is 3.33. The maximum absolute atomic E-state index is 13.3. The Bertz CT molecular complexity index is 869. The van der Waals surface area contributed by atoms with Crippen molar-refractivity contribution in [2.45, 2.75) is 51.6 Å². The van der Waals surface area contributed by atoms with E-state index in [1.54, 1.807) is 43.3 Å². The number of furan rings is 1. The molecule has 1 aromatic heterocycles. The Labute approximate surface area is 195 Å². The first-order valence-corrected chi connectivity index (χ1v) is 11.2. The molecule has 176 valence electrons. The highest BCUT2D eigenvalue weighted by atomic mass is 35.5. The highest BCUT2D eigenvalue weighted by molar-refractivity contribution is 6.30. The minimum Gasteiger partial charge on any atom is -0.493 e. The van der Waals surface area contributed by atoms with Crippen molar-refractivity contribution in [3.8, 4) is 11.5 Å². The molecule has 2 amide bonds. The summed E-state index contributed by atoms with van der Waals surface area (Å²) in [5.74, 6) is 1.56. The lowest BCUT2D eigenvalue weighted by Crippen LogP contribution is -2.48. The molecular weight excluding hydrogens is 432 g/mol. The third-order valence-electron chi connectivity index (χ3n) is 5.45. The van der Waals surface area contributed by atoms with Gasteiger partial charge in [0.1, 0.15) is 17.7 Å². The molecule has 0 saturated carbocycles. The van der Waals surface area contributed by atoms with Gasteiger partial charge in [-0.1, -0.05) is 13.0 Å². The van der Waals surface area contributed by atoms with E-state index in [-0.39, 0.29) is 24.4 Å². The SMILES string of the molecule is CCC(C)N(CC(=O)N(CCc1ccc(OC)c(OC)c1)Cc1ccco1)C(=O)C(C)Cl. The van der Waals surface area contributed by atoms with Crippen molar-refractivity contribution in [1.29, 1.82) is 0 Å². The third-order valence-corrected chi connectivity index (χ3v) is 5.64. The molecule has 1 aromatic carbocycles. The van der Waals surface area contributed by atoms with Gasteiger partial charge in [0.25, 0.3) is 0 Å². The van der Waals surface area contributed by atoms with E-state index >= 15 is 0 Å². The van der Waals surface area contributed by atoms with Crippen LogP contribution in [-0.4, -0.2) is 60.3 Å². The van der Waals surface area contributed by atoms with Gasteiger partial charge in [0.05, 0.1) is 27.0 Å². The van der Waals surface area contributed by atoms with Gasteiger partial charge >= 0.3 is 0 Å². The van der Waals surface area contributed by atoms with Gasteiger partial charge in [0.2, 0.25) is 11.8 Å². The van der Waals surface area contributed by atoms with E-state index in [0.29, 0.717) is 36.8 Å². The first-order valence-electron chi connectivity index (χ1n) is 10.8. The van der Waals surface area contributed by atoms with Crippen molar-refractivity contribution in [2.24, 2.45) is 0 Å². The zero-order valence-electron chi connectivity index (χ0n) is 19.5. The zero-order chi connectivity index (χ0) is 23.7.